The SMILES string of the molecule is COc1ccc(Br)cc1CCCC(C)Br. The number of rotatable bonds is 5. The topological polar surface area (TPSA) is 9.23 Å². The Bertz CT molecular complexity index is 310. The lowest BCUT2D eigenvalue weighted by Crippen LogP contribution is -1.95. The maximum Gasteiger partial charge on any atom is 0.122 e. The molecular weight excluding hydrogens is 320 g/mol. The third-order valence-electron chi connectivity index (χ3n) is 2.29. The summed E-state index contributed by atoms with van der Waals surface area (Å²) in [6.07, 6.45) is 3.44. The van der Waals surface area contributed by atoms with Gasteiger partial charge in [0.25, 0.3) is 0 Å². The van der Waals surface area contributed by atoms with Crippen molar-refractivity contribution in [2.24, 2.45) is 0 Å². The number of hydrogen-bond acceptors (Lipinski definition) is 1. The molecule has 15 heavy (non-hydrogen) atoms. The van der Waals surface area contributed by atoms with Gasteiger partial charge in [-0.3, -0.25) is 0 Å². The highest BCUT2D eigenvalue weighted by molar-refractivity contribution is 9.10. The second-order valence-corrected chi connectivity index (χ2v) is 6.11. The lowest BCUT2D eigenvalue weighted by atomic mass is 10.1. The number of halogens is 2. The minimum atomic E-state index is 0.593. The first-order chi connectivity index (χ1) is 7.13. The van der Waals surface area contributed by atoms with Crippen LogP contribution in [0.3, 0.4) is 0 Å². The zero-order valence-corrected chi connectivity index (χ0v) is 12.3. The number of ether oxygens (including phenoxy) is 1. The van der Waals surface area contributed by atoms with Crippen LogP contribution in [0.2, 0.25) is 0 Å². The van der Waals surface area contributed by atoms with E-state index < -0.39 is 0 Å². The van der Waals surface area contributed by atoms with E-state index in [2.05, 4.69) is 44.8 Å². The molecule has 0 saturated carbocycles. The number of benzene rings is 1. The van der Waals surface area contributed by atoms with Crippen LogP contribution < -0.4 is 4.74 Å². The van der Waals surface area contributed by atoms with Crippen molar-refractivity contribution < 1.29 is 4.74 Å². The van der Waals surface area contributed by atoms with Gasteiger partial charge in [-0.1, -0.05) is 38.8 Å². The fraction of sp³-hybridized carbons (Fsp3) is 0.500. The van der Waals surface area contributed by atoms with Crippen LogP contribution in [-0.4, -0.2) is 11.9 Å². The molecule has 1 atom stereocenters. The summed E-state index contributed by atoms with van der Waals surface area (Å²) in [6.45, 7) is 2.18. The Morgan fingerprint density at radius 1 is 1.40 bits per heavy atom. The molecule has 1 aromatic carbocycles. The molecule has 0 aliphatic rings. The lowest BCUT2D eigenvalue weighted by molar-refractivity contribution is 0.409. The number of alkyl halides is 1. The van der Waals surface area contributed by atoms with Crippen molar-refractivity contribution in [2.45, 2.75) is 31.0 Å². The summed E-state index contributed by atoms with van der Waals surface area (Å²) >= 11 is 7.04. The number of aryl methyl sites for hydroxylation is 1. The zero-order chi connectivity index (χ0) is 11.3. The number of hydrogen-bond donors (Lipinski definition) is 0. The molecule has 1 rings (SSSR count). The number of methoxy groups -OCH3 is 1. The van der Waals surface area contributed by atoms with E-state index in [0.29, 0.717) is 4.83 Å². The van der Waals surface area contributed by atoms with E-state index in [1.165, 1.54) is 18.4 Å². The molecule has 0 spiro atoms. The van der Waals surface area contributed by atoms with Gasteiger partial charge < -0.3 is 4.74 Å². The van der Waals surface area contributed by atoms with Crippen molar-refractivity contribution >= 4 is 31.9 Å². The Morgan fingerprint density at radius 3 is 2.73 bits per heavy atom. The quantitative estimate of drug-likeness (QED) is 0.716. The standard InChI is InChI=1S/C12H16Br2O/c1-9(13)4-3-5-10-8-11(14)6-7-12(10)15-2/h6-9H,3-5H2,1-2H3. The van der Waals surface area contributed by atoms with Gasteiger partial charge in [-0.05, 0) is 43.0 Å². The molecule has 1 unspecified atom stereocenters. The summed E-state index contributed by atoms with van der Waals surface area (Å²) < 4.78 is 6.44. The third kappa shape index (κ3) is 4.56. The summed E-state index contributed by atoms with van der Waals surface area (Å²) in [7, 11) is 1.72. The molecule has 0 heterocycles. The highest BCUT2D eigenvalue weighted by Crippen LogP contribution is 2.25. The van der Waals surface area contributed by atoms with Gasteiger partial charge in [-0.15, -0.1) is 0 Å². The van der Waals surface area contributed by atoms with Crippen LogP contribution >= 0.6 is 31.9 Å². The van der Waals surface area contributed by atoms with E-state index in [-0.39, 0.29) is 0 Å². The van der Waals surface area contributed by atoms with Crippen molar-refractivity contribution in [1.29, 1.82) is 0 Å². The molecule has 0 aliphatic heterocycles. The minimum absolute atomic E-state index is 0.593. The van der Waals surface area contributed by atoms with E-state index in [4.69, 9.17) is 4.74 Å². The molecule has 0 N–H and O–H groups in total. The van der Waals surface area contributed by atoms with E-state index >= 15 is 0 Å². The predicted molar refractivity (Wildman–Crippen MR) is 72.0 cm³/mol. The van der Waals surface area contributed by atoms with Crippen molar-refractivity contribution in [2.75, 3.05) is 7.11 Å². The fourth-order valence-electron chi connectivity index (χ4n) is 1.52. The molecule has 0 aromatic heterocycles. The average molecular weight is 336 g/mol. The van der Waals surface area contributed by atoms with Gasteiger partial charge in [0.2, 0.25) is 0 Å². The first-order valence-electron chi connectivity index (χ1n) is 5.10. The van der Waals surface area contributed by atoms with Crippen LogP contribution in [0.25, 0.3) is 0 Å². The first-order valence-corrected chi connectivity index (χ1v) is 6.81. The van der Waals surface area contributed by atoms with Gasteiger partial charge >= 0.3 is 0 Å². The molecule has 0 saturated heterocycles. The van der Waals surface area contributed by atoms with Crippen LogP contribution in [0.1, 0.15) is 25.3 Å². The molecule has 0 bridgehead atoms. The Morgan fingerprint density at radius 2 is 2.13 bits per heavy atom. The smallest absolute Gasteiger partial charge is 0.122 e. The Hall–Kier alpha value is -0.0200. The van der Waals surface area contributed by atoms with Gasteiger partial charge in [0.1, 0.15) is 5.75 Å². The highest BCUT2D eigenvalue weighted by atomic mass is 79.9. The van der Waals surface area contributed by atoms with Crippen LogP contribution in [-0.2, 0) is 6.42 Å². The van der Waals surface area contributed by atoms with Gasteiger partial charge in [0.05, 0.1) is 7.11 Å². The third-order valence-corrected chi connectivity index (χ3v) is 3.24. The first kappa shape index (κ1) is 13.0. The van der Waals surface area contributed by atoms with Crippen molar-refractivity contribution in [3.63, 3.8) is 0 Å². The molecule has 0 aliphatic carbocycles. The summed E-state index contributed by atoms with van der Waals surface area (Å²) in [6, 6.07) is 6.16. The Labute approximate surface area is 108 Å². The molecule has 1 nitrogen and oxygen atoms in total. The van der Waals surface area contributed by atoms with Gasteiger partial charge in [0.15, 0.2) is 0 Å². The average Bonchev–Trinajstić information content (AvgIpc) is 2.17. The second kappa shape index (κ2) is 6.54. The maximum absolute atomic E-state index is 5.33. The summed E-state index contributed by atoms with van der Waals surface area (Å²) in [5.74, 6) is 0.987. The molecule has 1 aromatic rings. The van der Waals surface area contributed by atoms with E-state index in [0.717, 1.165) is 16.6 Å². The van der Waals surface area contributed by atoms with Crippen LogP contribution in [0.15, 0.2) is 22.7 Å². The molecule has 84 valence electrons. The fourth-order valence-corrected chi connectivity index (χ4v) is 2.25. The second-order valence-electron chi connectivity index (χ2n) is 3.63. The van der Waals surface area contributed by atoms with Crippen molar-refractivity contribution in [3.05, 3.63) is 28.2 Å². The molecule has 0 fully saturated rings. The predicted octanol–water partition coefficient (Wildman–Crippen LogP) is 4.56. The normalized spacial score (nSPS) is 12.5. The largest absolute Gasteiger partial charge is 0.496 e. The van der Waals surface area contributed by atoms with Crippen molar-refractivity contribution in [1.82, 2.24) is 0 Å². The van der Waals surface area contributed by atoms with Gasteiger partial charge in [-0.25, -0.2) is 0 Å². The molecule has 3 heteroatoms. The Balaban J connectivity index is 2.62. The van der Waals surface area contributed by atoms with E-state index in [9.17, 15) is 0 Å². The maximum atomic E-state index is 5.33. The monoisotopic (exact) mass is 334 g/mol. The van der Waals surface area contributed by atoms with Gasteiger partial charge in [0, 0.05) is 9.30 Å². The summed E-state index contributed by atoms with van der Waals surface area (Å²) in [5, 5.41) is 0. The minimum Gasteiger partial charge on any atom is -0.496 e. The van der Waals surface area contributed by atoms with Crippen LogP contribution in [0.4, 0.5) is 0 Å². The van der Waals surface area contributed by atoms with Crippen LogP contribution in [0.5, 0.6) is 5.75 Å². The van der Waals surface area contributed by atoms with Gasteiger partial charge in [-0.2, -0.15) is 0 Å². The highest BCUT2D eigenvalue weighted by Gasteiger charge is 2.04. The molecule has 0 radical (unpaired) electrons. The molecule has 0 amide bonds. The molecular formula is C12H16Br2O. The van der Waals surface area contributed by atoms with E-state index in [1.54, 1.807) is 7.11 Å². The zero-order valence-electron chi connectivity index (χ0n) is 9.09. The summed E-state index contributed by atoms with van der Waals surface area (Å²) in [5.41, 5.74) is 1.28. The van der Waals surface area contributed by atoms with E-state index in [1.807, 2.05) is 12.1 Å². The lowest BCUT2D eigenvalue weighted by Gasteiger charge is -2.09. The summed E-state index contributed by atoms with van der Waals surface area (Å²) in [4.78, 5) is 0.593. The Kier molecular flexibility index (Phi) is 5.69. The van der Waals surface area contributed by atoms with Crippen LogP contribution in [0, 0.1) is 0 Å². The van der Waals surface area contributed by atoms with Crippen molar-refractivity contribution in [3.8, 4) is 5.75 Å².